The van der Waals surface area contributed by atoms with E-state index in [1.807, 2.05) is 57.2 Å². The Balaban J connectivity index is 2.28. The Labute approximate surface area is 180 Å². The van der Waals surface area contributed by atoms with Crippen molar-refractivity contribution in [2.24, 2.45) is 0 Å². The summed E-state index contributed by atoms with van der Waals surface area (Å²) in [5.41, 5.74) is 4.29. The number of ether oxygens (including phenoxy) is 1. The lowest BCUT2D eigenvalue weighted by Crippen LogP contribution is -2.49. The maximum absolute atomic E-state index is 13.3. The number of carbonyl (C=O) groups is 2. The van der Waals surface area contributed by atoms with Crippen LogP contribution in [0.25, 0.3) is 0 Å². The minimum Gasteiger partial charge on any atom is -0.497 e. The molecule has 30 heavy (non-hydrogen) atoms. The van der Waals surface area contributed by atoms with Gasteiger partial charge in [-0.2, -0.15) is 0 Å². The Bertz CT molecular complexity index is 846. The Morgan fingerprint density at radius 1 is 1.00 bits per heavy atom. The summed E-state index contributed by atoms with van der Waals surface area (Å²) < 4.78 is 5.23. The molecule has 0 aromatic heterocycles. The van der Waals surface area contributed by atoms with E-state index in [9.17, 15) is 9.59 Å². The zero-order valence-electron chi connectivity index (χ0n) is 18.8. The fraction of sp³-hybridized carbons (Fsp3) is 0.440. The lowest BCUT2D eigenvalue weighted by atomic mass is 10.0. The van der Waals surface area contributed by atoms with Crippen molar-refractivity contribution in [3.63, 3.8) is 0 Å². The molecule has 5 heteroatoms. The van der Waals surface area contributed by atoms with Crippen molar-refractivity contribution in [2.75, 3.05) is 13.7 Å². The lowest BCUT2D eigenvalue weighted by molar-refractivity contribution is -0.140. The van der Waals surface area contributed by atoms with E-state index in [0.29, 0.717) is 19.5 Å². The van der Waals surface area contributed by atoms with Gasteiger partial charge in [-0.05, 0) is 61.1 Å². The molecule has 5 nitrogen and oxygen atoms in total. The van der Waals surface area contributed by atoms with Crippen molar-refractivity contribution in [3.8, 4) is 5.75 Å². The van der Waals surface area contributed by atoms with Crippen molar-refractivity contribution in [3.05, 3.63) is 64.7 Å². The second kappa shape index (κ2) is 11.4. The first kappa shape index (κ1) is 23.5. The van der Waals surface area contributed by atoms with Gasteiger partial charge >= 0.3 is 0 Å². The number of hydrogen-bond acceptors (Lipinski definition) is 3. The summed E-state index contributed by atoms with van der Waals surface area (Å²) in [4.78, 5) is 27.8. The summed E-state index contributed by atoms with van der Waals surface area (Å²) in [6.07, 6.45) is 1.69. The summed E-state index contributed by atoms with van der Waals surface area (Å²) in [5.74, 6) is 0.619. The monoisotopic (exact) mass is 410 g/mol. The van der Waals surface area contributed by atoms with E-state index >= 15 is 0 Å². The predicted molar refractivity (Wildman–Crippen MR) is 121 cm³/mol. The molecular formula is C25H34N2O3. The number of carbonyl (C=O) groups excluding carboxylic acids is 2. The molecule has 1 unspecified atom stereocenters. The number of nitrogens with zero attached hydrogens (tertiary/aromatic N) is 1. The van der Waals surface area contributed by atoms with Crippen LogP contribution in [0.1, 0.15) is 48.9 Å². The highest BCUT2D eigenvalue weighted by Gasteiger charge is 2.28. The zero-order chi connectivity index (χ0) is 22.1. The predicted octanol–water partition coefficient (Wildman–Crippen LogP) is 4.19. The molecule has 0 aliphatic carbocycles. The number of nitrogens with one attached hydrogen (secondary N) is 1. The van der Waals surface area contributed by atoms with Gasteiger partial charge in [0.25, 0.3) is 0 Å². The molecule has 162 valence electrons. The van der Waals surface area contributed by atoms with Crippen molar-refractivity contribution >= 4 is 11.8 Å². The van der Waals surface area contributed by atoms with Crippen LogP contribution in [0.5, 0.6) is 5.75 Å². The van der Waals surface area contributed by atoms with Crippen LogP contribution in [-0.2, 0) is 22.6 Å². The van der Waals surface area contributed by atoms with E-state index in [1.54, 1.807) is 12.0 Å². The molecular weight excluding hydrogens is 376 g/mol. The third-order valence-corrected chi connectivity index (χ3v) is 5.37. The number of methoxy groups -OCH3 is 1. The highest BCUT2D eigenvalue weighted by atomic mass is 16.5. The minimum absolute atomic E-state index is 0.0485. The van der Waals surface area contributed by atoms with Gasteiger partial charge in [0.15, 0.2) is 0 Å². The van der Waals surface area contributed by atoms with Crippen LogP contribution in [0.15, 0.2) is 42.5 Å². The number of amides is 2. The molecule has 1 N–H and O–H groups in total. The molecule has 0 saturated carbocycles. The molecule has 0 aliphatic rings. The third-order valence-electron chi connectivity index (χ3n) is 5.37. The molecule has 1 atom stereocenters. The fourth-order valence-corrected chi connectivity index (χ4v) is 3.40. The van der Waals surface area contributed by atoms with E-state index in [0.717, 1.165) is 28.9 Å². The van der Waals surface area contributed by atoms with Gasteiger partial charge in [0.2, 0.25) is 11.8 Å². The first-order valence-electron chi connectivity index (χ1n) is 10.7. The van der Waals surface area contributed by atoms with Crippen molar-refractivity contribution < 1.29 is 14.3 Å². The maximum atomic E-state index is 13.3. The van der Waals surface area contributed by atoms with Gasteiger partial charge in [0.1, 0.15) is 11.8 Å². The standard InChI is InChI=1S/C25H34N2O3/c1-6-14-26-25(29)23(7-2)27(17-20-10-12-22(30-5)13-11-20)24(28)16-21-9-8-18(3)19(4)15-21/h8-13,15,23H,6-7,14,16-17H2,1-5H3,(H,26,29). The van der Waals surface area contributed by atoms with Crippen LogP contribution in [0.3, 0.4) is 0 Å². The van der Waals surface area contributed by atoms with E-state index in [-0.39, 0.29) is 18.2 Å². The number of hydrogen-bond donors (Lipinski definition) is 1. The van der Waals surface area contributed by atoms with Gasteiger partial charge in [-0.3, -0.25) is 9.59 Å². The van der Waals surface area contributed by atoms with Crippen LogP contribution in [0.2, 0.25) is 0 Å². The summed E-state index contributed by atoms with van der Waals surface area (Å²) >= 11 is 0. The normalized spacial score (nSPS) is 11.6. The second-order valence-corrected chi connectivity index (χ2v) is 7.68. The van der Waals surface area contributed by atoms with Gasteiger partial charge in [0.05, 0.1) is 13.5 Å². The van der Waals surface area contributed by atoms with E-state index in [2.05, 4.69) is 18.3 Å². The molecule has 2 aromatic carbocycles. The smallest absolute Gasteiger partial charge is 0.242 e. The van der Waals surface area contributed by atoms with Crippen LogP contribution >= 0.6 is 0 Å². The summed E-state index contributed by atoms with van der Waals surface area (Å²) in [6.45, 7) is 9.05. The van der Waals surface area contributed by atoms with E-state index in [4.69, 9.17) is 4.74 Å². The van der Waals surface area contributed by atoms with Gasteiger partial charge < -0.3 is 15.0 Å². The molecule has 2 rings (SSSR count). The molecule has 0 aliphatic heterocycles. The summed E-state index contributed by atoms with van der Waals surface area (Å²) in [7, 11) is 1.62. The van der Waals surface area contributed by atoms with E-state index in [1.165, 1.54) is 5.56 Å². The fourth-order valence-electron chi connectivity index (χ4n) is 3.40. The Morgan fingerprint density at radius 2 is 1.67 bits per heavy atom. The molecule has 0 saturated heterocycles. The van der Waals surface area contributed by atoms with Crippen LogP contribution in [0, 0.1) is 13.8 Å². The van der Waals surface area contributed by atoms with Crippen LogP contribution in [-0.4, -0.2) is 36.4 Å². The molecule has 0 fully saturated rings. The second-order valence-electron chi connectivity index (χ2n) is 7.68. The lowest BCUT2D eigenvalue weighted by Gasteiger charge is -2.31. The van der Waals surface area contributed by atoms with Gasteiger partial charge in [-0.25, -0.2) is 0 Å². The highest BCUT2D eigenvalue weighted by Crippen LogP contribution is 2.18. The van der Waals surface area contributed by atoms with Crippen molar-refractivity contribution in [1.82, 2.24) is 10.2 Å². The highest BCUT2D eigenvalue weighted by molar-refractivity contribution is 5.88. The van der Waals surface area contributed by atoms with Crippen LogP contribution in [0.4, 0.5) is 0 Å². The van der Waals surface area contributed by atoms with Crippen molar-refractivity contribution in [2.45, 2.75) is 59.5 Å². The number of rotatable bonds is 10. The summed E-state index contributed by atoms with van der Waals surface area (Å²) in [5, 5.41) is 2.95. The average Bonchev–Trinajstić information content (AvgIpc) is 2.75. The van der Waals surface area contributed by atoms with Gasteiger partial charge in [0, 0.05) is 13.1 Å². The molecule has 0 radical (unpaired) electrons. The Hall–Kier alpha value is -2.82. The van der Waals surface area contributed by atoms with Crippen LogP contribution < -0.4 is 10.1 Å². The maximum Gasteiger partial charge on any atom is 0.242 e. The first-order chi connectivity index (χ1) is 14.4. The van der Waals surface area contributed by atoms with E-state index < -0.39 is 6.04 Å². The molecule has 0 heterocycles. The Morgan fingerprint density at radius 3 is 2.23 bits per heavy atom. The molecule has 0 bridgehead atoms. The quantitative estimate of drug-likeness (QED) is 0.639. The first-order valence-corrected chi connectivity index (χ1v) is 10.7. The summed E-state index contributed by atoms with van der Waals surface area (Å²) in [6, 6.07) is 13.2. The molecule has 2 amide bonds. The van der Waals surface area contributed by atoms with Gasteiger partial charge in [-0.1, -0.05) is 44.2 Å². The molecule has 0 spiro atoms. The average molecular weight is 411 g/mol. The number of benzene rings is 2. The minimum atomic E-state index is -0.502. The Kier molecular flexibility index (Phi) is 8.90. The van der Waals surface area contributed by atoms with Gasteiger partial charge in [-0.15, -0.1) is 0 Å². The molecule has 2 aromatic rings. The SMILES string of the molecule is CCCNC(=O)C(CC)N(Cc1ccc(OC)cc1)C(=O)Cc1ccc(C)c(C)c1. The zero-order valence-corrected chi connectivity index (χ0v) is 18.8. The third kappa shape index (κ3) is 6.34. The number of aryl methyl sites for hydroxylation is 2. The van der Waals surface area contributed by atoms with Crippen molar-refractivity contribution in [1.29, 1.82) is 0 Å². The largest absolute Gasteiger partial charge is 0.497 e. The topological polar surface area (TPSA) is 58.6 Å².